The maximum atomic E-state index is 5.29. The molecule has 3 rings (SSSR count). The molecule has 0 saturated carbocycles. The first-order valence-electron chi connectivity index (χ1n) is 6.33. The van der Waals surface area contributed by atoms with Gasteiger partial charge < -0.3 is 14.7 Å². The molecule has 19 heavy (non-hydrogen) atoms. The highest BCUT2D eigenvalue weighted by Gasteiger charge is 2.09. The predicted molar refractivity (Wildman–Crippen MR) is 71.7 cm³/mol. The monoisotopic (exact) mass is 257 g/mol. The Labute approximate surface area is 110 Å². The average molecular weight is 257 g/mol. The quantitative estimate of drug-likeness (QED) is 0.734. The number of furan rings is 1. The summed E-state index contributed by atoms with van der Waals surface area (Å²) in [6.45, 7) is 2.69. The minimum Gasteiger partial charge on any atom is -0.467 e. The summed E-state index contributed by atoms with van der Waals surface area (Å²) in [4.78, 5) is 16.2. The van der Waals surface area contributed by atoms with Gasteiger partial charge in [-0.1, -0.05) is 6.92 Å². The Hall–Kier alpha value is -2.37. The van der Waals surface area contributed by atoms with E-state index in [2.05, 4.69) is 32.2 Å². The van der Waals surface area contributed by atoms with Gasteiger partial charge in [0.2, 0.25) is 0 Å². The third kappa shape index (κ3) is 2.42. The number of nitrogens with one attached hydrogen (secondary N) is 2. The van der Waals surface area contributed by atoms with Crippen LogP contribution in [-0.4, -0.2) is 19.9 Å². The molecule has 0 unspecified atom stereocenters. The molecule has 2 N–H and O–H groups in total. The zero-order valence-corrected chi connectivity index (χ0v) is 10.7. The van der Waals surface area contributed by atoms with Gasteiger partial charge in [-0.3, -0.25) is 0 Å². The number of hydrogen-bond donors (Lipinski definition) is 2. The molecule has 0 fully saturated rings. The molecular weight excluding hydrogens is 242 g/mol. The van der Waals surface area contributed by atoms with Crippen LogP contribution < -0.4 is 5.32 Å². The number of fused-ring (bicyclic) bond motifs is 1. The lowest BCUT2D eigenvalue weighted by molar-refractivity contribution is 0.518. The fourth-order valence-corrected chi connectivity index (χ4v) is 1.93. The molecule has 0 aliphatic rings. The van der Waals surface area contributed by atoms with E-state index in [1.807, 2.05) is 12.1 Å². The molecule has 0 bridgehead atoms. The van der Waals surface area contributed by atoms with Crippen molar-refractivity contribution in [3.63, 3.8) is 0 Å². The number of anilines is 1. The zero-order chi connectivity index (χ0) is 13.1. The lowest BCUT2D eigenvalue weighted by atomic mass is 10.3. The molecule has 0 atom stereocenters. The summed E-state index contributed by atoms with van der Waals surface area (Å²) in [5, 5.41) is 3.26. The Bertz CT molecular complexity index is 659. The predicted octanol–water partition coefficient (Wildman–Crippen LogP) is 2.51. The number of imidazole rings is 1. The van der Waals surface area contributed by atoms with Crippen LogP contribution in [0.25, 0.3) is 11.2 Å². The van der Waals surface area contributed by atoms with Crippen molar-refractivity contribution in [2.75, 3.05) is 5.32 Å². The lowest BCUT2D eigenvalue weighted by Crippen LogP contribution is -2.05. The van der Waals surface area contributed by atoms with E-state index >= 15 is 0 Å². The number of hydrogen-bond acceptors (Lipinski definition) is 5. The largest absolute Gasteiger partial charge is 0.467 e. The zero-order valence-electron chi connectivity index (χ0n) is 10.7. The van der Waals surface area contributed by atoms with Crippen LogP contribution in [0.15, 0.2) is 29.1 Å². The molecule has 3 aromatic rings. The molecule has 6 nitrogen and oxygen atoms in total. The van der Waals surface area contributed by atoms with E-state index in [4.69, 9.17) is 4.42 Å². The van der Waals surface area contributed by atoms with Gasteiger partial charge in [-0.25, -0.2) is 15.0 Å². The van der Waals surface area contributed by atoms with Crippen LogP contribution in [0.3, 0.4) is 0 Å². The van der Waals surface area contributed by atoms with Crippen molar-refractivity contribution in [1.82, 2.24) is 19.9 Å². The summed E-state index contributed by atoms with van der Waals surface area (Å²) in [6, 6.07) is 3.79. The Morgan fingerprint density at radius 1 is 1.37 bits per heavy atom. The minimum atomic E-state index is 0.587. The third-order valence-electron chi connectivity index (χ3n) is 2.82. The van der Waals surface area contributed by atoms with Gasteiger partial charge >= 0.3 is 0 Å². The normalized spacial score (nSPS) is 11.0. The van der Waals surface area contributed by atoms with Crippen molar-refractivity contribution in [3.05, 3.63) is 36.3 Å². The van der Waals surface area contributed by atoms with Gasteiger partial charge in [0.1, 0.15) is 17.1 Å². The minimum absolute atomic E-state index is 0.587. The first-order chi connectivity index (χ1) is 9.36. The number of aromatic amines is 1. The second kappa shape index (κ2) is 5.09. The Balaban J connectivity index is 1.89. The van der Waals surface area contributed by atoms with E-state index in [-0.39, 0.29) is 0 Å². The van der Waals surface area contributed by atoms with E-state index in [0.717, 1.165) is 35.8 Å². The van der Waals surface area contributed by atoms with E-state index in [0.29, 0.717) is 12.2 Å². The van der Waals surface area contributed by atoms with Gasteiger partial charge in [-0.2, -0.15) is 0 Å². The maximum absolute atomic E-state index is 5.29. The second-order valence-corrected chi connectivity index (χ2v) is 4.27. The SMILES string of the molecule is CCCc1nc(NCc2ccco2)c2[nH]cnc2n1. The Morgan fingerprint density at radius 3 is 3.11 bits per heavy atom. The van der Waals surface area contributed by atoms with Crippen LogP contribution in [0, 0.1) is 0 Å². The molecule has 0 aliphatic carbocycles. The second-order valence-electron chi connectivity index (χ2n) is 4.27. The number of nitrogens with zero attached hydrogens (tertiary/aromatic N) is 3. The van der Waals surface area contributed by atoms with Crippen LogP contribution in [0.4, 0.5) is 5.82 Å². The number of H-pyrrole nitrogens is 1. The Morgan fingerprint density at radius 2 is 2.32 bits per heavy atom. The summed E-state index contributed by atoms with van der Waals surface area (Å²) in [7, 11) is 0. The van der Waals surface area contributed by atoms with Crippen LogP contribution in [0.5, 0.6) is 0 Å². The summed E-state index contributed by atoms with van der Waals surface area (Å²) in [5.74, 6) is 2.44. The van der Waals surface area contributed by atoms with Gasteiger partial charge in [-0.05, 0) is 18.6 Å². The molecular formula is C13H15N5O. The first-order valence-corrected chi connectivity index (χ1v) is 6.33. The van der Waals surface area contributed by atoms with Gasteiger partial charge in [0, 0.05) is 6.42 Å². The van der Waals surface area contributed by atoms with E-state index in [9.17, 15) is 0 Å². The van der Waals surface area contributed by atoms with Crippen LogP contribution in [-0.2, 0) is 13.0 Å². The van der Waals surface area contributed by atoms with Gasteiger partial charge in [0.05, 0.1) is 19.1 Å². The molecule has 3 aromatic heterocycles. The molecule has 3 heterocycles. The summed E-state index contributed by atoms with van der Waals surface area (Å²) in [6.07, 6.45) is 5.14. The first kappa shape index (κ1) is 11.7. The summed E-state index contributed by atoms with van der Waals surface area (Å²) in [5.41, 5.74) is 1.52. The number of aromatic nitrogens is 4. The van der Waals surface area contributed by atoms with Crippen molar-refractivity contribution in [2.24, 2.45) is 0 Å². The summed E-state index contributed by atoms with van der Waals surface area (Å²) < 4.78 is 5.29. The number of aryl methyl sites for hydroxylation is 1. The smallest absolute Gasteiger partial charge is 0.183 e. The van der Waals surface area contributed by atoms with Crippen molar-refractivity contribution in [1.29, 1.82) is 0 Å². The Kier molecular flexibility index (Phi) is 3.14. The highest BCUT2D eigenvalue weighted by molar-refractivity contribution is 5.82. The third-order valence-corrected chi connectivity index (χ3v) is 2.82. The molecule has 0 amide bonds. The van der Waals surface area contributed by atoms with Crippen LogP contribution >= 0.6 is 0 Å². The van der Waals surface area contributed by atoms with Crippen molar-refractivity contribution in [3.8, 4) is 0 Å². The maximum Gasteiger partial charge on any atom is 0.183 e. The van der Waals surface area contributed by atoms with Gasteiger partial charge in [-0.15, -0.1) is 0 Å². The fourth-order valence-electron chi connectivity index (χ4n) is 1.93. The highest BCUT2D eigenvalue weighted by atomic mass is 16.3. The standard InChI is InChI=1S/C13H15N5O/c1-2-4-10-17-12(11-13(18-10)16-8-15-11)14-7-9-5-3-6-19-9/h3,5-6,8H,2,4,7H2,1H3,(H2,14,15,16,17,18). The molecule has 0 radical (unpaired) electrons. The van der Waals surface area contributed by atoms with Gasteiger partial charge in [0.25, 0.3) is 0 Å². The fraction of sp³-hybridized carbons (Fsp3) is 0.308. The average Bonchev–Trinajstić information content (AvgIpc) is 3.07. The van der Waals surface area contributed by atoms with Crippen molar-refractivity contribution in [2.45, 2.75) is 26.3 Å². The number of rotatable bonds is 5. The van der Waals surface area contributed by atoms with Crippen LogP contribution in [0.1, 0.15) is 24.9 Å². The molecule has 6 heteroatoms. The van der Waals surface area contributed by atoms with E-state index in [1.54, 1.807) is 12.6 Å². The lowest BCUT2D eigenvalue weighted by Gasteiger charge is -2.06. The topological polar surface area (TPSA) is 79.6 Å². The highest BCUT2D eigenvalue weighted by Crippen LogP contribution is 2.18. The van der Waals surface area contributed by atoms with Crippen LogP contribution in [0.2, 0.25) is 0 Å². The summed E-state index contributed by atoms with van der Waals surface area (Å²) >= 11 is 0. The molecule has 0 spiro atoms. The van der Waals surface area contributed by atoms with E-state index in [1.165, 1.54) is 0 Å². The van der Waals surface area contributed by atoms with Crippen molar-refractivity contribution >= 4 is 17.0 Å². The van der Waals surface area contributed by atoms with Gasteiger partial charge in [0.15, 0.2) is 11.5 Å². The van der Waals surface area contributed by atoms with E-state index < -0.39 is 0 Å². The molecule has 0 saturated heterocycles. The molecule has 0 aliphatic heterocycles. The molecule has 98 valence electrons. The van der Waals surface area contributed by atoms with Crippen molar-refractivity contribution < 1.29 is 4.42 Å². The molecule has 0 aromatic carbocycles.